The van der Waals surface area contributed by atoms with Crippen LogP contribution in [0.4, 0.5) is 15.8 Å². The van der Waals surface area contributed by atoms with E-state index < -0.39 is 46.0 Å². The van der Waals surface area contributed by atoms with Crippen molar-refractivity contribution in [3.8, 4) is 11.5 Å². The molecular weight excluding hydrogens is 501 g/mol. The molecular formula is C26H30FN3O6S. The molecule has 1 aliphatic carbocycles. The minimum absolute atomic E-state index is 0.0443. The summed E-state index contributed by atoms with van der Waals surface area (Å²) in [5.74, 6) is -1.81. The SMILES string of the molecule is C[C@H](C(=O)NC1CCCCC1)N(C(=O)C[S@](=O)CC(=O)Nc1ccc2c(c1)OCO2)c1ccc(F)cc1. The summed E-state index contributed by atoms with van der Waals surface area (Å²) in [6, 6.07) is 9.18. The minimum Gasteiger partial charge on any atom is -0.454 e. The van der Waals surface area contributed by atoms with E-state index in [-0.39, 0.29) is 18.7 Å². The fourth-order valence-electron chi connectivity index (χ4n) is 4.45. The van der Waals surface area contributed by atoms with Gasteiger partial charge >= 0.3 is 0 Å². The van der Waals surface area contributed by atoms with Gasteiger partial charge in [-0.3, -0.25) is 23.5 Å². The molecule has 0 aromatic heterocycles. The number of halogens is 1. The number of carbonyl (C=O) groups is 3. The van der Waals surface area contributed by atoms with Crippen LogP contribution in [0.15, 0.2) is 42.5 Å². The van der Waals surface area contributed by atoms with Crippen LogP contribution in [0.2, 0.25) is 0 Å². The largest absolute Gasteiger partial charge is 0.454 e. The molecule has 9 nitrogen and oxygen atoms in total. The van der Waals surface area contributed by atoms with Gasteiger partial charge in [-0.2, -0.15) is 0 Å². The third-order valence-electron chi connectivity index (χ3n) is 6.32. The van der Waals surface area contributed by atoms with Crippen molar-refractivity contribution in [1.82, 2.24) is 5.32 Å². The molecule has 4 rings (SSSR count). The number of hydrogen-bond donors (Lipinski definition) is 2. The molecule has 0 unspecified atom stereocenters. The van der Waals surface area contributed by atoms with Gasteiger partial charge in [0.1, 0.15) is 23.4 Å². The topological polar surface area (TPSA) is 114 Å². The summed E-state index contributed by atoms with van der Waals surface area (Å²) in [4.78, 5) is 39.9. The second-order valence-corrected chi connectivity index (χ2v) is 10.6. The predicted octanol–water partition coefficient (Wildman–Crippen LogP) is 3.11. The van der Waals surface area contributed by atoms with E-state index in [1.54, 1.807) is 25.1 Å². The van der Waals surface area contributed by atoms with Crippen LogP contribution in [0.1, 0.15) is 39.0 Å². The van der Waals surface area contributed by atoms with Gasteiger partial charge in [-0.1, -0.05) is 19.3 Å². The Morgan fingerprint density at radius 2 is 1.73 bits per heavy atom. The van der Waals surface area contributed by atoms with E-state index in [1.165, 1.54) is 29.2 Å². The lowest BCUT2D eigenvalue weighted by atomic mass is 9.95. The summed E-state index contributed by atoms with van der Waals surface area (Å²) in [5.41, 5.74) is 0.748. The summed E-state index contributed by atoms with van der Waals surface area (Å²) < 4.78 is 36.8. The zero-order valence-corrected chi connectivity index (χ0v) is 21.4. The maximum Gasteiger partial charge on any atom is 0.243 e. The number of amides is 3. The highest BCUT2D eigenvalue weighted by molar-refractivity contribution is 7.86. The van der Waals surface area contributed by atoms with Crippen LogP contribution in [-0.4, -0.2) is 52.3 Å². The van der Waals surface area contributed by atoms with Crippen molar-refractivity contribution in [1.29, 1.82) is 0 Å². The molecule has 0 bridgehead atoms. The van der Waals surface area contributed by atoms with Crippen molar-refractivity contribution in [2.45, 2.75) is 51.1 Å². The van der Waals surface area contributed by atoms with E-state index in [0.29, 0.717) is 22.9 Å². The molecule has 2 aromatic carbocycles. The number of anilines is 2. The summed E-state index contributed by atoms with van der Waals surface area (Å²) in [5, 5.41) is 5.63. The fourth-order valence-corrected chi connectivity index (χ4v) is 5.33. The van der Waals surface area contributed by atoms with Gasteiger partial charge in [0.15, 0.2) is 11.5 Å². The molecule has 2 atom stereocenters. The number of hydrogen-bond acceptors (Lipinski definition) is 6. The van der Waals surface area contributed by atoms with Crippen LogP contribution < -0.4 is 25.0 Å². The predicted molar refractivity (Wildman–Crippen MR) is 137 cm³/mol. The summed E-state index contributed by atoms with van der Waals surface area (Å²) in [6.45, 7) is 1.68. The monoisotopic (exact) mass is 531 g/mol. The fraction of sp³-hybridized carbons (Fsp3) is 0.423. The van der Waals surface area contributed by atoms with Crippen LogP contribution in [0.3, 0.4) is 0 Å². The summed E-state index contributed by atoms with van der Waals surface area (Å²) in [7, 11) is -1.85. The van der Waals surface area contributed by atoms with E-state index in [9.17, 15) is 23.0 Å². The maximum absolute atomic E-state index is 13.5. The Balaban J connectivity index is 1.39. The third kappa shape index (κ3) is 7.06. The molecule has 37 heavy (non-hydrogen) atoms. The molecule has 0 spiro atoms. The van der Waals surface area contributed by atoms with E-state index in [1.807, 2.05) is 0 Å². The molecule has 11 heteroatoms. The van der Waals surface area contributed by atoms with Crippen LogP contribution in [-0.2, 0) is 25.2 Å². The van der Waals surface area contributed by atoms with E-state index >= 15 is 0 Å². The van der Waals surface area contributed by atoms with Crippen LogP contribution >= 0.6 is 0 Å². The molecule has 3 amide bonds. The van der Waals surface area contributed by atoms with Gasteiger partial charge in [-0.25, -0.2) is 4.39 Å². The number of ether oxygens (including phenoxy) is 2. The first kappa shape index (κ1) is 26.6. The van der Waals surface area contributed by atoms with Gasteiger partial charge < -0.3 is 20.1 Å². The van der Waals surface area contributed by atoms with Crippen molar-refractivity contribution < 1.29 is 32.5 Å². The highest BCUT2D eigenvalue weighted by Crippen LogP contribution is 2.34. The molecule has 2 aromatic rings. The Morgan fingerprint density at radius 3 is 2.46 bits per heavy atom. The van der Waals surface area contributed by atoms with Crippen LogP contribution in [0, 0.1) is 5.82 Å². The molecule has 1 fully saturated rings. The average Bonchev–Trinajstić information content (AvgIpc) is 3.33. The highest BCUT2D eigenvalue weighted by Gasteiger charge is 2.30. The van der Waals surface area contributed by atoms with Gasteiger partial charge in [0.2, 0.25) is 24.5 Å². The lowest BCUT2D eigenvalue weighted by molar-refractivity contribution is -0.126. The van der Waals surface area contributed by atoms with E-state index in [4.69, 9.17) is 9.47 Å². The van der Waals surface area contributed by atoms with Crippen molar-refractivity contribution in [3.63, 3.8) is 0 Å². The number of fused-ring (bicyclic) bond motifs is 1. The number of benzene rings is 2. The first-order chi connectivity index (χ1) is 17.8. The van der Waals surface area contributed by atoms with Crippen molar-refractivity contribution in [3.05, 3.63) is 48.3 Å². The van der Waals surface area contributed by atoms with Crippen LogP contribution in [0.25, 0.3) is 0 Å². The standard InChI is InChI=1S/C26H30FN3O6S/c1-17(26(33)29-19-5-3-2-4-6-19)30(21-10-7-18(27)8-11-21)25(32)15-37(34)14-24(31)28-20-9-12-22-23(13-20)36-16-35-22/h7-13,17,19H,2-6,14-16H2,1H3,(H,28,31)(H,29,33)/t17-,37-/m1/s1. The normalized spacial score (nSPS) is 16.5. The maximum atomic E-state index is 13.5. The van der Waals surface area contributed by atoms with Crippen molar-refractivity contribution in [2.24, 2.45) is 0 Å². The molecule has 2 N–H and O–H groups in total. The molecule has 0 radical (unpaired) electrons. The van der Waals surface area contributed by atoms with E-state index in [0.717, 1.165) is 32.1 Å². The van der Waals surface area contributed by atoms with Crippen molar-refractivity contribution in [2.75, 3.05) is 28.5 Å². The smallest absolute Gasteiger partial charge is 0.243 e. The second kappa shape index (κ2) is 12.2. The average molecular weight is 532 g/mol. The van der Waals surface area contributed by atoms with Gasteiger partial charge in [-0.15, -0.1) is 0 Å². The third-order valence-corrected chi connectivity index (χ3v) is 7.48. The molecule has 1 saturated carbocycles. The number of carbonyl (C=O) groups excluding carboxylic acids is 3. The van der Waals surface area contributed by atoms with Gasteiger partial charge in [0.05, 0.1) is 0 Å². The van der Waals surface area contributed by atoms with Gasteiger partial charge in [0.25, 0.3) is 0 Å². The zero-order chi connectivity index (χ0) is 26.4. The van der Waals surface area contributed by atoms with Crippen LogP contribution in [0.5, 0.6) is 11.5 Å². The minimum atomic E-state index is -1.85. The molecule has 198 valence electrons. The Kier molecular flexibility index (Phi) is 8.75. The summed E-state index contributed by atoms with van der Waals surface area (Å²) in [6.07, 6.45) is 4.97. The van der Waals surface area contributed by atoms with Crippen molar-refractivity contribution >= 4 is 39.9 Å². The number of nitrogens with one attached hydrogen (secondary N) is 2. The first-order valence-electron chi connectivity index (χ1n) is 12.2. The molecule has 0 saturated heterocycles. The lowest BCUT2D eigenvalue weighted by Gasteiger charge is -2.31. The van der Waals surface area contributed by atoms with E-state index in [2.05, 4.69) is 10.6 Å². The molecule has 1 aliphatic heterocycles. The molecule has 1 heterocycles. The van der Waals surface area contributed by atoms with Gasteiger partial charge in [0, 0.05) is 34.3 Å². The Bertz CT molecular complexity index is 1170. The Labute approximate surface area is 217 Å². The first-order valence-corrected chi connectivity index (χ1v) is 13.7. The highest BCUT2D eigenvalue weighted by atomic mass is 32.2. The Hall–Kier alpha value is -3.47. The van der Waals surface area contributed by atoms with Gasteiger partial charge in [-0.05, 0) is 56.2 Å². The zero-order valence-electron chi connectivity index (χ0n) is 20.5. The quantitative estimate of drug-likeness (QED) is 0.514. The number of rotatable bonds is 9. The second-order valence-electron chi connectivity index (χ2n) is 9.10. The number of nitrogens with zero attached hydrogens (tertiary/aromatic N) is 1. The Morgan fingerprint density at radius 1 is 1.03 bits per heavy atom. The lowest BCUT2D eigenvalue weighted by Crippen LogP contribution is -2.52. The summed E-state index contributed by atoms with van der Waals surface area (Å²) >= 11 is 0. The molecule has 2 aliphatic rings.